The molecule has 12 heavy (non-hydrogen) atoms. The number of nitriles is 1. The molecule has 0 saturated heterocycles. The standard InChI is InChI=1S/C7H4N4O/c8-2-5-3-11-7(1-6(5)12)9-4-10-11/h1,3-4H,(H,9,10). The maximum Gasteiger partial charge on any atom is 0.201 e. The molecule has 58 valence electrons. The highest BCUT2D eigenvalue weighted by molar-refractivity contribution is 5.40. The third-order valence-electron chi connectivity index (χ3n) is 1.54. The van der Waals surface area contributed by atoms with E-state index in [4.69, 9.17) is 5.26 Å². The highest BCUT2D eigenvalue weighted by atomic mass is 16.1. The first-order valence-corrected chi connectivity index (χ1v) is 3.27. The predicted molar refractivity (Wildman–Crippen MR) is 40.5 cm³/mol. The fourth-order valence-electron chi connectivity index (χ4n) is 0.967. The van der Waals surface area contributed by atoms with Gasteiger partial charge in [-0.25, -0.2) is 9.50 Å². The Bertz CT molecular complexity index is 516. The first-order chi connectivity index (χ1) is 5.81. The molecule has 2 heterocycles. The van der Waals surface area contributed by atoms with Crippen LogP contribution >= 0.6 is 0 Å². The third kappa shape index (κ3) is 0.787. The van der Waals surface area contributed by atoms with Gasteiger partial charge in [0, 0.05) is 6.07 Å². The van der Waals surface area contributed by atoms with Crippen molar-refractivity contribution >= 4 is 5.65 Å². The van der Waals surface area contributed by atoms with Gasteiger partial charge < -0.3 is 0 Å². The van der Waals surface area contributed by atoms with E-state index in [9.17, 15) is 4.79 Å². The lowest BCUT2D eigenvalue weighted by atomic mass is 10.3. The van der Waals surface area contributed by atoms with E-state index in [1.165, 1.54) is 23.1 Å². The van der Waals surface area contributed by atoms with E-state index in [0.29, 0.717) is 5.65 Å². The van der Waals surface area contributed by atoms with Gasteiger partial charge >= 0.3 is 0 Å². The van der Waals surface area contributed by atoms with Gasteiger partial charge in [-0.2, -0.15) is 5.26 Å². The van der Waals surface area contributed by atoms with Crippen LogP contribution in [0.4, 0.5) is 0 Å². The number of hydrogen-bond acceptors (Lipinski definition) is 3. The molecule has 0 saturated carbocycles. The number of nitrogens with one attached hydrogen (secondary N) is 1. The minimum Gasteiger partial charge on any atom is -0.288 e. The number of H-pyrrole nitrogens is 1. The van der Waals surface area contributed by atoms with Crippen LogP contribution in [0.1, 0.15) is 5.56 Å². The molecular formula is C7H4N4O. The van der Waals surface area contributed by atoms with Crippen LogP contribution in [-0.2, 0) is 0 Å². The molecular weight excluding hydrogens is 156 g/mol. The van der Waals surface area contributed by atoms with Crippen LogP contribution in [0.3, 0.4) is 0 Å². The highest BCUT2D eigenvalue weighted by Gasteiger charge is 2.00. The van der Waals surface area contributed by atoms with Crippen molar-refractivity contribution in [2.45, 2.75) is 0 Å². The summed E-state index contributed by atoms with van der Waals surface area (Å²) in [7, 11) is 0. The normalized spacial score (nSPS) is 9.92. The Balaban J connectivity index is 2.93. The molecule has 0 aromatic carbocycles. The zero-order valence-corrected chi connectivity index (χ0v) is 5.98. The Morgan fingerprint density at radius 1 is 1.67 bits per heavy atom. The molecule has 2 aromatic rings. The number of nitrogens with zero attached hydrogens (tertiary/aromatic N) is 3. The van der Waals surface area contributed by atoms with E-state index in [1.807, 2.05) is 0 Å². The van der Waals surface area contributed by atoms with Gasteiger partial charge in [0.25, 0.3) is 0 Å². The monoisotopic (exact) mass is 160 g/mol. The SMILES string of the molecule is N#Cc1cn2[nH]cnc2cc1=O. The predicted octanol–water partition coefficient (Wildman–Crippen LogP) is -0.106. The molecule has 2 rings (SSSR count). The van der Waals surface area contributed by atoms with E-state index >= 15 is 0 Å². The van der Waals surface area contributed by atoms with Crippen LogP contribution in [0.5, 0.6) is 0 Å². The van der Waals surface area contributed by atoms with Gasteiger partial charge in [-0.1, -0.05) is 0 Å². The van der Waals surface area contributed by atoms with Crippen LogP contribution in [0, 0.1) is 11.3 Å². The summed E-state index contributed by atoms with van der Waals surface area (Å²) in [5.74, 6) is 0. The highest BCUT2D eigenvalue weighted by Crippen LogP contribution is 1.94. The first kappa shape index (κ1) is 6.61. The first-order valence-electron chi connectivity index (χ1n) is 3.27. The number of pyridine rings is 1. The van der Waals surface area contributed by atoms with Crippen LogP contribution in [0.15, 0.2) is 23.4 Å². The van der Waals surface area contributed by atoms with Crippen LogP contribution < -0.4 is 5.43 Å². The topological polar surface area (TPSA) is 73.9 Å². The molecule has 1 N–H and O–H groups in total. The van der Waals surface area contributed by atoms with Crippen molar-refractivity contribution in [2.24, 2.45) is 0 Å². The fraction of sp³-hybridized carbons (Fsp3) is 0. The molecule has 0 radical (unpaired) electrons. The molecule has 0 aliphatic carbocycles. The van der Waals surface area contributed by atoms with Crippen LogP contribution in [-0.4, -0.2) is 14.6 Å². The van der Waals surface area contributed by atoms with Gasteiger partial charge in [0.2, 0.25) is 5.43 Å². The van der Waals surface area contributed by atoms with Crippen molar-refractivity contribution in [3.63, 3.8) is 0 Å². The van der Waals surface area contributed by atoms with Gasteiger partial charge in [-0.3, -0.25) is 9.89 Å². The lowest BCUT2D eigenvalue weighted by Gasteiger charge is -1.90. The quantitative estimate of drug-likeness (QED) is 0.584. The second-order valence-corrected chi connectivity index (χ2v) is 2.28. The molecule has 2 aromatic heterocycles. The number of fused-ring (bicyclic) bond motifs is 1. The fourth-order valence-corrected chi connectivity index (χ4v) is 0.967. The summed E-state index contributed by atoms with van der Waals surface area (Å²) < 4.78 is 1.51. The lowest BCUT2D eigenvalue weighted by molar-refractivity contribution is 0.954. The largest absolute Gasteiger partial charge is 0.288 e. The van der Waals surface area contributed by atoms with Crippen molar-refractivity contribution in [1.29, 1.82) is 5.26 Å². The second-order valence-electron chi connectivity index (χ2n) is 2.28. The maximum absolute atomic E-state index is 11.1. The van der Waals surface area contributed by atoms with E-state index < -0.39 is 0 Å². The Hall–Kier alpha value is -2.09. The Labute approximate surface area is 66.9 Å². The molecule has 5 heteroatoms. The zero-order chi connectivity index (χ0) is 8.55. The smallest absolute Gasteiger partial charge is 0.201 e. The number of rotatable bonds is 0. The van der Waals surface area contributed by atoms with Gasteiger partial charge in [-0.05, 0) is 0 Å². The van der Waals surface area contributed by atoms with Crippen LogP contribution in [0.25, 0.3) is 5.65 Å². The summed E-state index contributed by atoms with van der Waals surface area (Å²) in [6.07, 6.45) is 2.88. The number of aromatic amines is 1. The summed E-state index contributed by atoms with van der Waals surface area (Å²) in [5.41, 5.74) is 0.320. The minimum atomic E-state index is -0.301. The molecule has 0 bridgehead atoms. The molecule has 0 spiro atoms. The molecule has 0 amide bonds. The van der Waals surface area contributed by atoms with Crippen molar-refractivity contribution < 1.29 is 0 Å². The number of aromatic nitrogens is 3. The van der Waals surface area contributed by atoms with Crippen molar-refractivity contribution in [3.8, 4) is 6.07 Å². The number of hydrogen-bond donors (Lipinski definition) is 1. The van der Waals surface area contributed by atoms with Gasteiger partial charge in [0.1, 0.15) is 18.0 Å². The van der Waals surface area contributed by atoms with E-state index in [1.54, 1.807) is 6.07 Å². The average Bonchev–Trinajstić information content (AvgIpc) is 2.49. The lowest BCUT2D eigenvalue weighted by Crippen LogP contribution is -2.06. The van der Waals surface area contributed by atoms with Crippen LogP contribution in [0.2, 0.25) is 0 Å². The van der Waals surface area contributed by atoms with Gasteiger partial charge in [0.05, 0.1) is 6.20 Å². The Morgan fingerprint density at radius 2 is 2.50 bits per heavy atom. The van der Waals surface area contributed by atoms with E-state index in [2.05, 4.69) is 10.1 Å². The van der Waals surface area contributed by atoms with Gasteiger partial charge in [-0.15, -0.1) is 0 Å². The molecule has 0 aliphatic heterocycles. The molecule has 0 fully saturated rings. The second kappa shape index (κ2) is 2.20. The van der Waals surface area contributed by atoms with Gasteiger partial charge in [0.15, 0.2) is 5.65 Å². The molecule has 0 unspecified atom stereocenters. The zero-order valence-electron chi connectivity index (χ0n) is 5.98. The molecule has 5 nitrogen and oxygen atoms in total. The summed E-state index contributed by atoms with van der Waals surface area (Å²) in [6.45, 7) is 0. The minimum absolute atomic E-state index is 0.108. The van der Waals surface area contributed by atoms with E-state index in [-0.39, 0.29) is 11.0 Å². The maximum atomic E-state index is 11.1. The molecule has 0 aliphatic rings. The summed E-state index contributed by atoms with van der Waals surface area (Å²) in [5, 5.41) is 11.3. The Morgan fingerprint density at radius 3 is 3.25 bits per heavy atom. The van der Waals surface area contributed by atoms with Crippen molar-refractivity contribution in [2.75, 3.05) is 0 Å². The van der Waals surface area contributed by atoms with Crippen molar-refractivity contribution in [3.05, 3.63) is 34.4 Å². The average molecular weight is 160 g/mol. The van der Waals surface area contributed by atoms with E-state index in [0.717, 1.165) is 0 Å². The third-order valence-corrected chi connectivity index (χ3v) is 1.54. The summed E-state index contributed by atoms with van der Waals surface area (Å²) in [6, 6.07) is 3.11. The van der Waals surface area contributed by atoms with Crippen molar-refractivity contribution in [1.82, 2.24) is 14.6 Å². The molecule has 0 atom stereocenters. The Kier molecular flexibility index (Phi) is 1.21. The summed E-state index contributed by atoms with van der Waals surface area (Å²) >= 11 is 0. The summed E-state index contributed by atoms with van der Waals surface area (Å²) in [4.78, 5) is 14.9.